The van der Waals surface area contributed by atoms with Gasteiger partial charge in [0, 0.05) is 38.2 Å². The number of hydrogen-bond donors (Lipinski definition) is 1. The van der Waals surface area contributed by atoms with Gasteiger partial charge in [0.25, 0.3) is 0 Å². The molecule has 1 fully saturated rings. The minimum Gasteiger partial charge on any atom is -0.381 e. The number of allylic oxidation sites excluding steroid dienone is 1. The van der Waals surface area contributed by atoms with Crippen LogP contribution in [0.15, 0.2) is 25.0 Å². The van der Waals surface area contributed by atoms with Gasteiger partial charge in [-0.3, -0.25) is 0 Å². The molecule has 0 aromatic carbocycles. The maximum atomic E-state index is 5.31. The quantitative estimate of drug-likeness (QED) is 0.763. The lowest BCUT2D eigenvalue weighted by Gasteiger charge is -2.23. The van der Waals surface area contributed by atoms with E-state index in [2.05, 4.69) is 21.4 Å². The fourth-order valence-corrected chi connectivity index (χ4v) is 1.76. The molecule has 4 nitrogen and oxygen atoms in total. The second kappa shape index (κ2) is 4.98. The van der Waals surface area contributed by atoms with Crippen molar-refractivity contribution in [1.82, 2.24) is 9.55 Å². The molecule has 82 valence electrons. The summed E-state index contributed by atoms with van der Waals surface area (Å²) in [6.45, 7) is 6.22. The first-order valence-corrected chi connectivity index (χ1v) is 5.36. The molecule has 0 radical (unpaired) electrons. The summed E-state index contributed by atoms with van der Waals surface area (Å²) in [6, 6.07) is 0.490. The van der Waals surface area contributed by atoms with Crippen LogP contribution in [0, 0.1) is 0 Å². The number of ether oxygens (including phenoxy) is 1. The third-order valence-corrected chi connectivity index (χ3v) is 2.60. The largest absolute Gasteiger partial charge is 0.381 e. The Bertz CT molecular complexity index is 315. The van der Waals surface area contributed by atoms with Gasteiger partial charge in [-0.2, -0.15) is 0 Å². The van der Waals surface area contributed by atoms with E-state index < -0.39 is 0 Å². The van der Waals surface area contributed by atoms with Crippen molar-refractivity contribution in [3.8, 4) is 0 Å². The summed E-state index contributed by atoms with van der Waals surface area (Å²) in [6.07, 6.45) is 7.76. The van der Waals surface area contributed by atoms with Crippen molar-refractivity contribution in [3.63, 3.8) is 0 Å². The Kier molecular flexibility index (Phi) is 3.40. The van der Waals surface area contributed by atoms with E-state index in [0.29, 0.717) is 6.04 Å². The lowest BCUT2D eigenvalue weighted by Crippen LogP contribution is -2.29. The third kappa shape index (κ3) is 2.59. The molecule has 1 saturated heterocycles. The summed E-state index contributed by atoms with van der Waals surface area (Å²) in [5, 5.41) is 3.44. The summed E-state index contributed by atoms with van der Waals surface area (Å²) in [5.74, 6) is 0.932. The van der Waals surface area contributed by atoms with Gasteiger partial charge in [-0.05, 0) is 12.8 Å². The van der Waals surface area contributed by atoms with Crippen LogP contribution >= 0.6 is 0 Å². The standard InChI is InChI=1S/C11H17N3O/c1-2-6-14-7-5-12-11(14)13-10-3-8-15-9-4-10/h2,5,7,10H,1,3-4,6,8-9H2,(H,12,13). The molecule has 1 aliphatic rings. The van der Waals surface area contributed by atoms with Crippen LogP contribution in [-0.2, 0) is 11.3 Å². The predicted molar refractivity (Wildman–Crippen MR) is 59.9 cm³/mol. The average Bonchev–Trinajstić information content (AvgIpc) is 2.68. The van der Waals surface area contributed by atoms with Crippen molar-refractivity contribution in [2.45, 2.75) is 25.4 Å². The Labute approximate surface area is 90.0 Å². The van der Waals surface area contributed by atoms with Crippen LogP contribution in [0.2, 0.25) is 0 Å². The Morgan fingerprint density at radius 1 is 1.60 bits per heavy atom. The number of rotatable bonds is 4. The van der Waals surface area contributed by atoms with Gasteiger partial charge in [0.15, 0.2) is 0 Å². The number of hydrogen-bond acceptors (Lipinski definition) is 3. The molecule has 0 aliphatic carbocycles. The van der Waals surface area contributed by atoms with Gasteiger partial charge in [-0.1, -0.05) is 6.08 Å². The zero-order chi connectivity index (χ0) is 10.5. The van der Waals surface area contributed by atoms with Gasteiger partial charge in [0.2, 0.25) is 5.95 Å². The Hall–Kier alpha value is -1.29. The molecular formula is C11H17N3O. The van der Waals surface area contributed by atoms with E-state index in [4.69, 9.17) is 4.74 Å². The zero-order valence-corrected chi connectivity index (χ0v) is 8.85. The molecule has 0 bridgehead atoms. The molecule has 1 N–H and O–H groups in total. The number of aromatic nitrogens is 2. The van der Waals surface area contributed by atoms with Crippen molar-refractivity contribution in [3.05, 3.63) is 25.0 Å². The molecule has 0 saturated carbocycles. The highest BCUT2D eigenvalue weighted by Crippen LogP contribution is 2.13. The highest BCUT2D eigenvalue weighted by atomic mass is 16.5. The van der Waals surface area contributed by atoms with E-state index in [1.54, 1.807) is 0 Å². The molecule has 1 aromatic heterocycles. The van der Waals surface area contributed by atoms with E-state index in [0.717, 1.165) is 38.5 Å². The molecule has 0 unspecified atom stereocenters. The average molecular weight is 207 g/mol. The van der Waals surface area contributed by atoms with Gasteiger partial charge in [0.1, 0.15) is 0 Å². The van der Waals surface area contributed by atoms with Crippen LogP contribution in [0.3, 0.4) is 0 Å². The van der Waals surface area contributed by atoms with Crippen molar-refractivity contribution in [2.75, 3.05) is 18.5 Å². The first-order valence-electron chi connectivity index (χ1n) is 5.36. The second-order valence-corrected chi connectivity index (χ2v) is 3.72. The van der Waals surface area contributed by atoms with Crippen LogP contribution in [0.4, 0.5) is 5.95 Å². The molecule has 1 aromatic rings. The lowest BCUT2D eigenvalue weighted by atomic mass is 10.1. The fraction of sp³-hybridized carbons (Fsp3) is 0.545. The Morgan fingerprint density at radius 3 is 3.13 bits per heavy atom. The van der Waals surface area contributed by atoms with Gasteiger partial charge in [-0.15, -0.1) is 6.58 Å². The third-order valence-electron chi connectivity index (χ3n) is 2.60. The molecule has 4 heteroatoms. The SMILES string of the molecule is C=CCn1ccnc1NC1CCOCC1. The minimum absolute atomic E-state index is 0.490. The van der Waals surface area contributed by atoms with Gasteiger partial charge in [-0.25, -0.2) is 4.98 Å². The van der Waals surface area contributed by atoms with Crippen molar-refractivity contribution in [1.29, 1.82) is 0 Å². The second-order valence-electron chi connectivity index (χ2n) is 3.72. The van der Waals surface area contributed by atoms with E-state index in [1.165, 1.54) is 0 Å². The Morgan fingerprint density at radius 2 is 2.40 bits per heavy atom. The molecule has 2 heterocycles. The molecule has 1 aliphatic heterocycles. The lowest BCUT2D eigenvalue weighted by molar-refractivity contribution is 0.0902. The highest BCUT2D eigenvalue weighted by Gasteiger charge is 2.14. The van der Waals surface area contributed by atoms with Crippen LogP contribution in [0.1, 0.15) is 12.8 Å². The Balaban J connectivity index is 1.96. The summed E-state index contributed by atoms with van der Waals surface area (Å²) < 4.78 is 7.37. The topological polar surface area (TPSA) is 39.1 Å². The van der Waals surface area contributed by atoms with Crippen molar-refractivity contribution < 1.29 is 4.74 Å². The van der Waals surface area contributed by atoms with Gasteiger partial charge >= 0.3 is 0 Å². The molecule has 0 atom stereocenters. The minimum atomic E-state index is 0.490. The fourth-order valence-electron chi connectivity index (χ4n) is 1.76. The van der Waals surface area contributed by atoms with Crippen molar-refractivity contribution >= 4 is 5.95 Å². The number of nitrogens with one attached hydrogen (secondary N) is 1. The smallest absolute Gasteiger partial charge is 0.203 e. The maximum Gasteiger partial charge on any atom is 0.203 e. The summed E-state index contributed by atoms with van der Waals surface area (Å²) in [5.41, 5.74) is 0. The first-order chi connectivity index (χ1) is 7.40. The van der Waals surface area contributed by atoms with E-state index in [9.17, 15) is 0 Å². The molecule has 15 heavy (non-hydrogen) atoms. The molecule has 2 rings (SSSR count). The molecule has 0 amide bonds. The summed E-state index contributed by atoms with van der Waals surface area (Å²) in [4.78, 5) is 4.29. The number of nitrogens with zero attached hydrogens (tertiary/aromatic N) is 2. The molecule has 0 spiro atoms. The van der Waals surface area contributed by atoms with Crippen LogP contribution in [0.25, 0.3) is 0 Å². The summed E-state index contributed by atoms with van der Waals surface area (Å²) >= 11 is 0. The van der Waals surface area contributed by atoms with Crippen LogP contribution < -0.4 is 5.32 Å². The van der Waals surface area contributed by atoms with Crippen LogP contribution in [0.5, 0.6) is 0 Å². The maximum absolute atomic E-state index is 5.31. The highest BCUT2D eigenvalue weighted by molar-refractivity contribution is 5.28. The van der Waals surface area contributed by atoms with Crippen LogP contribution in [-0.4, -0.2) is 28.8 Å². The number of imidazole rings is 1. The summed E-state index contributed by atoms with van der Waals surface area (Å²) in [7, 11) is 0. The van der Waals surface area contributed by atoms with E-state index in [-0.39, 0.29) is 0 Å². The molecular weight excluding hydrogens is 190 g/mol. The monoisotopic (exact) mass is 207 g/mol. The predicted octanol–water partition coefficient (Wildman–Crippen LogP) is 1.66. The van der Waals surface area contributed by atoms with Gasteiger partial charge in [0.05, 0.1) is 0 Å². The zero-order valence-electron chi connectivity index (χ0n) is 8.85. The van der Waals surface area contributed by atoms with Crippen molar-refractivity contribution in [2.24, 2.45) is 0 Å². The normalized spacial score (nSPS) is 17.6. The van der Waals surface area contributed by atoms with E-state index in [1.807, 2.05) is 18.5 Å². The first kappa shape index (κ1) is 10.2. The van der Waals surface area contributed by atoms with E-state index >= 15 is 0 Å². The number of anilines is 1. The van der Waals surface area contributed by atoms with Gasteiger partial charge < -0.3 is 14.6 Å².